The number of halogens is 1. The summed E-state index contributed by atoms with van der Waals surface area (Å²) in [6.07, 6.45) is 0. The summed E-state index contributed by atoms with van der Waals surface area (Å²) in [5, 5.41) is 3.33. The molecule has 0 bridgehead atoms. The molecule has 0 radical (unpaired) electrons. The van der Waals surface area contributed by atoms with Crippen molar-refractivity contribution in [2.24, 2.45) is 0 Å². The van der Waals surface area contributed by atoms with Crippen LogP contribution >= 0.6 is 15.9 Å². The van der Waals surface area contributed by atoms with Crippen LogP contribution in [0.2, 0.25) is 0 Å². The van der Waals surface area contributed by atoms with Crippen LogP contribution in [0.3, 0.4) is 0 Å². The van der Waals surface area contributed by atoms with Crippen molar-refractivity contribution in [3.05, 3.63) is 34.3 Å². The van der Waals surface area contributed by atoms with Crippen molar-refractivity contribution < 1.29 is 4.79 Å². The Kier molecular flexibility index (Phi) is 3.84. The van der Waals surface area contributed by atoms with Crippen molar-refractivity contribution in [3.8, 4) is 0 Å². The maximum absolute atomic E-state index is 12.5. The average molecular weight is 297 g/mol. The minimum absolute atomic E-state index is 0.110. The van der Waals surface area contributed by atoms with E-state index in [2.05, 4.69) is 35.1 Å². The Morgan fingerprint density at radius 3 is 2.47 bits per heavy atom. The zero-order valence-electron chi connectivity index (χ0n) is 10.1. The van der Waals surface area contributed by atoms with Crippen LogP contribution in [0.4, 0.5) is 0 Å². The Morgan fingerprint density at radius 1 is 1.29 bits per heavy atom. The fraction of sp³-hybridized carbons (Fsp3) is 0.462. The highest BCUT2D eigenvalue weighted by atomic mass is 79.9. The number of hydrogen-bond acceptors (Lipinski definition) is 2. The Bertz CT molecular complexity index is 412. The molecule has 92 valence electrons. The van der Waals surface area contributed by atoms with Gasteiger partial charge in [0.1, 0.15) is 0 Å². The number of amides is 1. The lowest BCUT2D eigenvalue weighted by Gasteiger charge is -2.39. The van der Waals surface area contributed by atoms with Crippen LogP contribution < -0.4 is 5.32 Å². The summed E-state index contributed by atoms with van der Waals surface area (Å²) < 4.78 is 0.864. The van der Waals surface area contributed by atoms with Crippen molar-refractivity contribution in [1.29, 1.82) is 0 Å². The molecule has 0 spiro atoms. The molecular formula is C13H17BrN2O. The van der Waals surface area contributed by atoms with Crippen molar-refractivity contribution in [3.63, 3.8) is 0 Å². The highest BCUT2D eigenvalue weighted by molar-refractivity contribution is 9.10. The Balaban J connectivity index is 2.27. The lowest BCUT2D eigenvalue weighted by atomic mass is 10.1. The van der Waals surface area contributed by atoms with E-state index < -0.39 is 0 Å². The molecule has 1 N–H and O–H groups in total. The second-order valence-electron chi connectivity index (χ2n) is 4.55. The third kappa shape index (κ3) is 2.53. The van der Waals surface area contributed by atoms with Gasteiger partial charge in [-0.2, -0.15) is 0 Å². The molecule has 1 heterocycles. The number of benzene rings is 1. The first-order chi connectivity index (χ1) is 8.11. The highest BCUT2D eigenvalue weighted by Crippen LogP contribution is 2.21. The molecule has 2 atom stereocenters. The summed E-state index contributed by atoms with van der Waals surface area (Å²) in [5.74, 6) is 0.110. The molecule has 4 heteroatoms. The van der Waals surface area contributed by atoms with Crippen LogP contribution in [0.25, 0.3) is 0 Å². The maximum atomic E-state index is 12.5. The Labute approximate surface area is 110 Å². The predicted molar refractivity (Wildman–Crippen MR) is 72.1 cm³/mol. The van der Waals surface area contributed by atoms with Crippen LogP contribution in [-0.2, 0) is 0 Å². The van der Waals surface area contributed by atoms with E-state index in [1.54, 1.807) is 0 Å². The minimum atomic E-state index is 0.110. The molecule has 1 fully saturated rings. The van der Waals surface area contributed by atoms with Gasteiger partial charge < -0.3 is 10.2 Å². The molecule has 0 aromatic heterocycles. The van der Waals surface area contributed by atoms with Gasteiger partial charge in [-0.3, -0.25) is 4.79 Å². The number of hydrogen-bond donors (Lipinski definition) is 1. The van der Waals surface area contributed by atoms with Crippen molar-refractivity contribution in [2.75, 3.05) is 13.1 Å². The molecule has 17 heavy (non-hydrogen) atoms. The van der Waals surface area contributed by atoms with E-state index in [0.717, 1.165) is 23.1 Å². The molecule has 1 aliphatic rings. The topological polar surface area (TPSA) is 32.3 Å². The summed E-state index contributed by atoms with van der Waals surface area (Å²) in [5.41, 5.74) is 0.744. The van der Waals surface area contributed by atoms with E-state index in [1.807, 2.05) is 29.2 Å². The number of nitrogens with one attached hydrogen (secondary N) is 1. The normalized spacial score (nSPS) is 24.8. The van der Waals surface area contributed by atoms with Crippen LogP contribution in [0.1, 0.15) is 24.2 Å². The van der Waals surface area contributed by atoms with E-state index in [4.69, 9.17) is 0 Å². The van der Waals surface area contributed by atoms with Crippen molar-refractivity contribution in [1.82, 2.24) is 10.2 Å². The zero-order chi connectivity index (χ0) is 12.4. The summed E-state index contributed by atoms with van der Waals surface area (Å²) in [6.45, 7) is 5.88. The SMILES string of the molecule is CC1CNCC(C)N1C(=O)c1ccccc1Br. The standard InChI is InChI=1S/C13H17BrN2O/c1-9-7-15-8-10(2)16(9)13(17)11-5-3-4-6-12(11)14/h3-6,9-10,15H,7-8H2,1-2H3. The van der Waals surface area contributed by atoms with Gasteiger partial charge >= 0.3 is 0 Å². The number of nitrogens with zero attached hydrogens (tertiary/aromatic N) is 1. The highest BCUT2D eigenvalue weighted by Gasteiger charge is 2.30. The van der Waals surface area contributed by atoms with Crippen molar-refractivity contribution >= 4 is 21.8 Å². The number of carbonyl (C=O) groups excluding carboxylic acids is 1. The predicted octanol–water partition coefficient (Wildman–Crippen LogP) is 2.27. The van der Waals surface area contributed by atoms with Gasteiger partial charge in [0.15, 0.2) is 0 Å². The number of carbonyl (C=O) groups is 1. The third-order valence-electron chi connectivity index (χ3n) is 3.17. The smallest absolute Gasteiger partial charge is 0.255 e. The molecule has 0 saturated carbocycles. The monoisotopic (exact) mass is 296 g/mol. The molecule has 0 aliphatic carbocycles. The van der Waals surface area contributed by atoms with Gasteiger partial charge in [-0.25, -0.2) is 0 Å². The van der Waals surface area contributed by atoms with Crippen molar-refractivity contribution in [2.45, 2.75) is 25.9 Å². The molecule has 1 aromatic carbocycles. The summed E-state index contributed by atoms with van der Waals surface area (Å²) in [4.78, 5) is 14.5. The Morgan fingerprint density at radius 2 is 1.88 bits per heavy atom. The van der Waals surface area contributed by atoms with Gasteiger partial charge in [0.05, 0.1) is 5.56 Å². The minimum Gasteiger partial charge on any atom is -0.331 e. The lowest BCUT2D eigenvalue weighted by Crippen LogP contribution is -2.57. The van der Waals surface area contributed by atoms with Gasteiger partial charge in [0.25, 0.3) is 5.91 Å². The number of rotatable bonds is 1. The molecule has 1 aliphatic heterocycles. The molecule has 1 aromatic rings. The van der Waals surface area contributed by atoms with Gasteiger partial charge in [-0.05, 0) is 41.9 Å². The van der Waals surface area contributed by atoms with Crippen LogP contribution in [-0.4, -0.2) is 36.0 Å². The molecule has 2 rings (SSSR count). The summed E-state index contributed by atoms with van der Waals surface area (Å²) in [6, 6.07) is 8.07. The number of piperazine rings is 1. The summed E-state index contributed by atoms with van der Waals surface area (Å²) >= 11 is 3.44. The molecule has 3 nitrogen and oxygen atoms in total. The second kappa shape index (κ2) is 5.19. The molecule has 1 saturated heterocycles. The van der Waals surface area contributed by atoms with Gasteiger partial charge in [0.2, 0.25) is 0 Å². The van der Waals surface area contributed by atoms with Crippen LogP contribution in [0, 0.1) is 0 Å². The van der Waals surface area contributed by atoms with E-state index in [-0.39, 0.29) is 18.0 Å². The van der Waals surface area contributed by atoms with Gasteiger partial charge in [-0.15, -0.1) is 0 Å². The first-order valence-corrected chi connectivity index (χ1v) is 6.68. The zero-order valence-corrected chi connectivity index (χ0v) is 11.7. The summed E-state index contributed by atoms with van der Waals surface area (Å²) in [7, 11) is 0. The van der Waals surface area contributed by atoms with Gasteiger partial charge in [-0.1, -0.05) is 12.1 Å². The average Bonchev–Trinajstić information content (AvgIpc) is 2.29. The van der Waals surface area contributed by atoms with Crippen LogP contribution in [0.5, 0.6) is 0 Å². The maximum Gasteiger partial charge on any atom is 0.255 e. The lowest BCUT2D eigenvalue weighted by molar-refractivity contribution is 0.0543. The molecule has 1 amide bonds. The van der Waals surface area contributed by atoms with Crippen LogP contribution in [0.15, 0.2) is 28.7 Å². The first-order valence-electron chi connectivity index (χ1n) is 5.89. The third-order valence-corrected chi connectivity index (χ3v) is 3.86. The van der Waals surface area contributed by atoms with E-state index in [1.165, 1.54) is 0 Å². The first kappa shape index (κ1) is 12.6. The van der Waals surface area contributed by atoms with Gasteiger partial charge in [0, 0.05) is 29.6 Å². The Hall–Kier alpha value is -0.870. The van der Waals surface area contributed by atoms with E-state index in [0.29, 0.717) is 0 Å². The molecular weight excluding hydrogens is 280 g/mol. The fourth-order valence-electron chi connectivity index (χ4n) is 2.31. The second-order valence-corrected chi connectivity index (χ2v) is 5.40. The van der Waals surface area contributed by atoms with E-state index in [9.17, 15) is 4.79 Å². The fourth-order valence-corrected chi connectivity index (χ4v) is 2.76. The quantitative estimate of drug-likeness (QED) is 0.862. The van der Waals surface area contributed by atoms with E-state index >= 15 is 0 Å². The molecule has 2 unspecified atom stereocenters. The largest absolute Gasteiger partial charge is 0.331 e.